The quantitative estimate of drug-likeness (QED) is 0.747. The molecule has 0 aromatic carbocycles. The molecule has 0 saturated carbocycles. The van der Waals surface area contributed by atoms with E-state index in [1.165, 1.54) is 11.2 Å². The molecule has 0 aliphatic rings. The van der Waals surface area contributed by atoms with Crippen molar-refractivity contribution in [1.82, 2.24) is 30.3 Å². The number of carbonyl (C=O) groups is 1. The Balaban J connectivity index is 2.05. The number of anilines is 1. The van der Waals surface area contributed by atoms with Crippen molar-refractivity contribution in [2.24, 2.45) is 0 Å². The largest absolute Gasteiger partial charge is 0.374 e. The third-order valence-electron chi connectivity index (χ3n) is 1.82. The van der Waals surface area contributed by atoms with E-state index in [-0.39, 0.29) is 16.0 Å². The minimum absolute atomic E-state index is 0.245. The van der Waals surface area contributed by atoms with Crippen LogP contribution in [0.2, 0.25) is 0 Å². The number of H-pyrrole nitrogens is 1. The second-order valence-electron chi connectivity index (χ2n) is 3.04. The number of aromatic amines is 1. The number of nitrogens with two attached hydrogens (primary N) is 1. The van der Waals surface area contributed by atoms with Crippen LogP contribution in [0.4, 0.5) is 5.13 Å². The molecule has 1 amide bonds. The smallest absolute Gasteiger partial charge is 0.285 e. The molecule has 0 radical (unpaired) electrons. The van der Waals surface area contributed by atoms with E-state index in [1.54, 1.807) is 7.05 Å². The van der Waals surface area contributed by atoms with Crippen LogP contribution in [0.25, 0.3) is 0 Å². The van der Waals surface area contributed by atoms with Crippen LogP contribution in [0.15, 0.2) is 6.33 Å². The number of hydrogen-bond donors (Lipinski definition) is 2. The molecule has 8 nitrogen and oxygen atoms in total. The number of nitrogens with zero attached hydrogens (tertiary/aromatic N) is 5. The molecular weight excluding hydrogens is 230 g/mol. The Hall–Kier alpha value is -2.03. The van der Waals surface area contributed by atoms with Crippen LogP contribution < -0.4 is 5.73 Å². The Morgan fingerprint density at radius 3 is 3.00 bits per heavy atom. The summed E-state index contributed by atoms with van der Waals surface area (Å²) in [5, 5.41) is 14.1. The maximum Gasteiger partial charge on any atom is 0.285 e. The minimum Gasteiger partial charge on any atom is -0.374 e. The van der Waals surface area contributed by atoms with Crippen LogP contribution in [-0.2, 0) is 6.54 Å². The van der Waals surface area contributed by atoms with E-state index in [2.05, 4.69) is 25.4 Å². The molecule has 0 bridgehead atoms. The molecule has 0 spiro atoms. The molecule has 84 valence electrons. The summed E-state index contributed by atoms with van der Waals surface area (Å²) in [4.78, 5) is 17.2. The Labute approximate surface area is 94.5 Å². The average molecular weight is 239 g/mol. The van der Waals surface area contributed by atoms with Gasteiger partial charge in [0.2, 0.25) is 10.1 Å². The minimum atomic E-state index is -0.245. The van der Waals surface area contributed by atoms with Crippen LogP contribution in [0.3, 0.4) is 0 Å². The second-order valence-corrected chi connectivity index (χ2v) is 4.05. The molecule has 0 aliphatic heterocycles. The van der Waals surface area contributed by atoms with E-state index in [1.807, 2.05) is 0 Å². The van der Waals surface area contributed by atoms with Gasteiger partial charge in [-0.2, -0.15) is 5.10 Å². The van der Waals surface area contributed by atoms with Crippen molar-refractivity contribution in [2.45, 2.75) is 6.54 Å². The van der Waals surface area contributed by atoms with Gasteiger partial charge in [0.1, 0.15) is 12.2 Å². The van der Waals surface area contributed by atoms with Crippen molar-refractivity contribution in [3.05, 3.63) is 17.2 Å². The molecule has 0 fully saturated rings. The highest BCUT2D eigenvalue weighted by Gasteiger charge is 2.17. The zero-order valence-electron chi connectivity index (χ0n) is 8.41. The lowest BCUT2D eigenvalue weighted by Gasteiger charge is -2.12. The van der Waals surface area contributed by atoms with Gasteiger partial charge in [0.15, 0.2) is 0 Å². The van der Waals surface area contributed by atoms with Gasteiger partial charge in [0.05, 0.1) is 6.54 Å². The number of nitrogens with one attached hydrogen (secondary N) is 1. The van der Waals surface area contributed by atoms with Crippen molar-refractivity contribution < 1.29 is 4.79 Å². The normalized spacial score (nSPS) is 10.3. The highest BCUT2D eigenvalue weighted by atomic mass is 32.1. The molecule has 0 saturated heterocycles. The Bertz CT molecular complexity index is 479. The molecule has 0 unspecified atom stereocenters. The van der Waals surface area contributed by atoms with E-state index in [0.717, 1.165) is 11.3 Å². The molecular formula is C7H9N7OS. The first-order valence-corrected chi connectivity index (χ1v) is 5.17. The summed E-state index contributed by atoms with van der Waals surface area (Å²) in [5.74, 6) is 0.360. The van der Waals surface area contributed by atoms with Gasteiger partial charge in [-0.1, -0.05) is 11.3 Å². The van der Waals surface area contributed by atoms with Crippen molar-refractivity contribution >= 4 is 22.4 Å². The summed E-state index contributed by atoms with van der Waals surface area (Å²) in [7, 11) is 1.64. The zero-order valence-corrected chi connectivity index (χ0v) is 9.23. The van der Waals surface area contributed by atoms with E-state index >= 15 is 0 Å². The van der Waals surface area contributed by atoms with Gasteiger partial charge >= 0.3 is 0 Å². The molecule has 3 N–H and O–H groups in total. The topological polar surface area (TPSA) is 114 Å². The number of rotatable bonds is 3. The Morgan fingerprint density at radius 2 is 2.44 bits per heavy atom. The van der Waals surface area contributed by atoms with E-state index < -0.39 is 0 Å². The molecule has 16 heavy (non-hydrogen) atoms. The maximum absolute atomic E-state index is 11.8. The van der Waals surface area contributed by atoms with E-state index in [9.17, 15) is 4.79 Å². The van der Waals surface area contributed by atoms with Crippen molar-refractivity contribution in [3.8, 4) is 0 Å². The number of nitrogen functional groups attached to an aromatic ring is 1. The van der Waals surface area contributed by atoms with E-state index in [4.69, 9.17) is 5.73 Å². The maximum atomic E-state index is 11.8. The molecule has 0 atom stereocenters. The van der Waals surface area contributed by atoms with Crippen LogP contribution in [0.5, 0.6) is 0 Å². The van der Waals surface area contributed by atoms with Crippen molar-refractivity contribution in [3.63, 3.8) is 0 Å². The van der Waals surface area contributed by atoms with Gasteiger partial charge < -0.3 is 10.6 Å². The fourth-order valence-electron chi connectivity index (χ4n) is 1.09. The summed E-state index contributed by atoms with van der Waals surface area (Å²) in [6, 6.07) is 0. The van der Waals surface area contributed by atoms with Crippen molar-refractivity contribution in [1.29, 1.82) is 0 Å². The highest BCUT2D eigenvalue weighted by Crippen LogP contribution is 2.13. The SMILES string of the molecule is CN(Cc1ncn[nH]1)C(=O)c1nnc(N)s1. The second kappa shape index (κ2) is 4.23. The number of amides is 1. The first-order chi connectivity index (χ1) is 7.66. The van der Waals surface area contributed by atoms with Crippen LogP contribution >= 0.6 is 11.3 Å². The molecule has 2 aromatic rings. The summed E-state index contributed by atoms with van der Waals surface area (Å²) in [6.45, 7) is 0.332. The highest BCUT2D eigenvalue weighted by molar-refractivity contribution is 7.16. The predicted molar refractivity (Wildman–Crippen MR) is 56.5 cm³/mol. The standard InChI is InChI=1S/C7H9N7OS/c1-14(2-4-9-3-10-11-4)6(15)5-12-13-7(8)16-5/h3H,2H2,1H3,(H2,8,13)(H,9,10,11). The molecule has 2 aromatic heterocycles. The van der Waals surface area contributed by atoms with Crippen molar-refractivity contribution in [2.75, 3.05) is 12.8 Å². The monoisotopic (exact) mass is 239 g/mol. The summed E-state index contributed by atoms with van der Waals surface area (Å²) in [6.07, 6.45) is 1.39. The van der Waals surface area contributed by atoms with E-state index in [0.29, 0.717) is 12.4 Å². The predicted octanol–water partition coefficient (Wildman–Crippen LogP) is -0.489. The summed E-state index contributed by atoms with van der Waals surface area (Å²) in [5.41, 5.74) is 5.40. The Morgan fingerprint density at radius 1 is 1.62 bits per heavy atom. The number of carbonyl (C=O) groups excluding carboxylic acids is 1. The molecule has 9 heteroatoms. The van der Waals surface area contributed by atoms with Crippen LogP contribution in [-0.4, -0.2) is 43.2 Å². The lowest BCUT2D eigenvalue weighted by atomic mass is 10.5. The van der Waals surface area contributed by atoms with Gasteiger partial charge in [-0.05, 0) is 0 Å². The first kappa shape index (κ1) is 10.5. The van der Waals surface area contributed by atoms with Gasteiger partial charge in [-0.15, -0.1) is 10.2 Å². The van der Waals surface area contributed by atoms with Gasteiger partial charge in [0, 0.05) is 7.05 Å². The lowest BCUT2D eigenvalue weighted by Crippen LogP contribution is -2.26. The van der Waals surface area contributed by atoms with Gasteiger partial charge in [-0.3, -0.25) is 9.89 Å². The van der Waals surface area contributed by atoms with Gasteiger partial charge in [0.25, 0.3) is 5.91 Å². The summed E-state index contributed by atoms with van der Waals surface area (Å²) >= 11 is 1.05. The first-order valence-electron chi connectivity index (χ1n) is 4.35. The fourth-order valence-corrected chi connectivity index (χ4v) is 1.69. The fraction of sp³-hybridized carbons (Fsp3) is 0.286. The van der Waals surface area contributed by atoms with Crippen LogP contribution in [0, 0.1) is 0 Å². The third-order valence-corrected chi connectivity index (χ3v) is 2.56. The molecule has 0 aliphatic carbocycles. The number of aromatic nitrogens is 5. The lowest BCUT2D eigenvalue weighted by molar-refractivity contribution is 0.0780. The Kier molecular flexibility index (Phi) is 2.77. The average Bonchev–Trinajstić information content (AvgIpc) is 2.88. The van der Waals surface area contributed by atoms with Gasteiger partial charge in [-0.25, -0.2) is 4.98 Å². The third kappa shape index (κ3) is 2.14. The molecule has 2 heterocycles. The van der Waals surface area contributed by atoms with Crippen LogP contribution in [0.1, 0.15) is 15.6 Å². The summed E-state index contributed by atoms with van der Waals surface area (Å²) < 4.78 is 0. The zero-order chi connectivity index (χ0) is 11.5. The molecule has 2 rings (SSSR count). The number of hydrogen-bond acceptors (Lipinski definition) is 7.